The fraction of sp³-hybridized carbons (Fsp3) is 0.211. The first-order valence-corrected chi connectivity index (χ1v) is 9.20. The molecule has 0 aliphatic carbocycles. The number of hydrogen-bond donors (Lipinski definition) is 2. The lowest BCUT2D eigenvalue weighted by Crippen LogP contribution is -2.02. The van der Waals surface area contributed by atoms with E-state index in [4.69, 9.17) is 9.52 Å². The third-order valence-electron chi connectivity index (χ3n) is 4.01. The van der Waals surface area contributed by atoms with E-state index in [2.05, 4.69) is 20.3 Å². The van der Waals surface area contributed by atoms with E-state index in [0.717, 1.165) is 44.5 Å². The van der Waals surface area contributed by atoms with Gasteiger partial charge in [-0.2, -0.15) is 0 Å². The number of aliphatic hydroxyl groups excluding tert-OH is 1. The molecule has 26 heavy (non-hydrogen) atoms. The first-order chi connectivity index (χ1) is 12.7. The van der Waals surface area contributed by atoms with Crippen LogP contribution in [0.3, 0.4) is 0 Å². The van der Waals surface area contributed by atoms with Gasteiger partial charge in [-0.15, -0.1) is 11.3 Å². The number of nitrogens with zero attached hydrogens (tertiary/aromatic N) is 3. The van der Waals surface area contributed by atoms with Gasteiger partial charge in [0.15, 0.2) is 0 Å². The van der Waals surface area contributed by atoms with Crippen molar-refractivity contribution in [2.45, 2.75) is 19.9 Å². The summed E-state index contributed by atoms with van der Waals surface area (Å²) in [6.45, 7) is 2.68. The number of anilines is 1. The Morgan fingerprint density at radius 1 is 1.19 bits per heavy atom. The molecule has 0 atom stereocenters. The summed E-state index contributed by atoms with van der Waals surface area (Å²) in [5.74, 6) is 2.30. The molecule has 0 radical (unpaired) electrons. The van der Waals surface area contributed by atoms with Crippen molar-refractivity contribution in [1.29, 1.82) is 0 Å². The van der Waals surface area contributed by atoms with Crippen LogP contribution in [0.2, 0.25) is 0 Å². The monoisotopic (exact) mass is 366 g/mol. The van der Waals surface area contributed by atoms with Crippen molar-refractivity contribution >= 4 is 28.1 Å². The normalized spacial score (nSPS) is 11.2. The Bertz CT molecular complexity index is 1040. The van der Waals surface area contributed by atoms with Crippen molar-refractivity contribution in [1.82, 2.24) is 15.0 Å². The maximum Gasteiger partial charge on any atom is 0.137 e. The highest BCUT2D eigenvalue weighted by molar-refractivity contribution is 7.09. The zero-order chi connectivity index (χ0) is 17.9. The van der Waals surface area contributed by atoms with E-state index >= 15 is 0 Å². The largest absolute Gasteiger partial charge is 0.461 e. The molecule has 0 saturated heterocycles. The topological polar surface area (TPSA) is 84.1 Å². The van der Waals surface area contributed by atoms with E-state index in [0.29, 0.717) is 13.0 Å². The van der Waals surface area contributed by atoms with E-state index in [1.807, 2.05) is 42.6 Å². The van der Waals surface area contributed by atoms with Crippen LogP contribution in [0, 0.1) is 6.92 Å². The second-order valence-electron chi connectivity index (χ2n) is 5.93. The van der Waals surface area contributed by atoms with Gasteiger partial charge >= 0.3 is 0 Å². The number of fused-ring (bicyclic) bond motifs is 1. The number of benzene rings is 1. The van der Waals surface area contributed by atoms with E-state index in [-0.39, 0.29) is 6.61 Å². The summed E-state index contributed by atoms with van der Waals surface area (Å²) in [4.78, 5) is 13.2. The molecule has 4 rings (SSSR count). The second kappa shape index (κ2) is 7.23. The van der Waals surface area contributed by atoms with Gasteiger partial charge in [-0.25, -0.2) is 15.0 Å². The predicted molar refractivity (Wildman–Crippen MR) is 102 cm³/mol. The molecule has 0 aliphatic heterocycles. The van der Waals surface area contributed by atoms with Gasteiger partial charge in [0.25, 0.3) is 0 Å². The van der Waals surface area contributed by atoms with Crippen LogP contribution >= 0.6 is 11.3 Å². The molecule has 6 nitrogen and oxygen atoms in total. The van der Waals surface area contributed by atoms with Gasteiger partial charge in [-0.05, 0) is 37.3 Å². The summed E-state index contributed by atoms with van der Waals surface area (Å²) in [6.07, 6.45) is 2.07. The first-order valence-electron chi connectivity index (χ1n) is 8.32. The summed E-state index contributed by atoms with van der Waals surface area (Å²) in [5.41, 5.74) is 2.84. The molecule has 3 heterocycles. The molecule has 0 aliphatic rings. The number of nitrogens with one attached hydrogen (secondary N) is 1. The summed E-state index contributed by atoms with van der Waals surface area (Å²) >= 11 is 1.63. The third-order valence-corrected chi connectivity index (χ3v) is 4.98. The van der Waals surface area contributed by atoms with E-state index in [1.165, 1.54) is 0 Å². The van der Waals surface area contributed by atoms with Gasteiger partial charge < -0.3 is 14.8 Å². The molecular weight excluding hydrogens is 348 g/mol. The van der Waals surface area contributed by atoms with Crippen LogP contribution < -0.4 is 5.32 Å². The van der Waals surface area contributed by atoms with Crippen LogP contribution in [0.5, 0.6) is 0 Å². The van der Waals surface area contributed by atoms with Crippen molar-refractivity contribution in [3.8, 4) is 11.3 Å². The van der Waals surface area contributed by atoms with Crippen LogP contribution in [0.15, 0.2) is 46.5 Å². The minimum absolute atomic E-state index is 0.0722. The van der Waals surface area contributed by atoms with Crippen LogP contribution in [-0.2, 0) is 13.0 Å². The minimum atomic E-state index is 0.0722. The molecule has 7 heteroatoms. The number of rotatable bonds is 6. The fourth-order valence-corrected chi connectivity index (χ4v) is 3.48. The maximum absolute atomic E-state index is 9.04. The molecular formula is C19H18N4O2S. The van der Waals surface area contributed by atoms with Crippen molar-refractivity contribution < 1.29 is 9.52 Å². The van der Waals surface area contributed by atoms with Crippen molar-refractivity contribution in [2.24, 2.45) is 0 Å². The lowest BCUT2D eigenvalue weighted by atomic mass is 10.1. The number of aliphatic hydroxyl groups is 1. The highest BCUT2D eigenvalue weighted by Gasteiger charge is 2.10. The maximum atomic E-state index is 9.04. The van der Waals surface area contributed by atoms with Gasteiger partial charge in [0, 0.05) is 28.4 Å². The van der Waals surface area contributed by atoms with Gasteiger partial charge in [-0.1, -0.05) is 0 Å². The quantitative estimate of drug-likeness (QED) is 0.540. The van der Waals surface area contributed by atoms with Gasteiger partial charge in [-0.3, -0.25) is 0 Å². The van der Waals surface area contributed by atoms with E-state index in [9.17, 15) is 0 Å². The van der Waals surface area contributed by atoms with Gasteiger partial charge in [0.2, 0.25) is 0 Å². The third kappa shape index (κ3) is 3.44. The van der Waals surface area contributed by atoms with Crippen LogP contribution in [0.25, 0.3) is 22.2 Å². The first kappa shape index (κ1) is 16.7. The number of aromatic nitrogens is 3. The molecule has 0 saturated carbocycles. The average Bonchev–Trinajstić information content (AvgIpc) is 3.29. The Morgan fingerprint density at radius 3 is 2.92 bits per heavy atom. The average molecular weight is 366 g/mol. The molecule has 4 aromatic rings. The van der Waals surface area contributed by atoms with Gasteiger partial charge in [0.05, 0.1) is 18.7 Å². The summed E-state index contributed by atoms with van der Waals surface area (Å²) in [5, 5.41) is 16.4. The molecule has 0 amide bonds. The molecule has 132 valence electrons. The summed E-state index contributed by atoms with van der Waals surface area (Å²) in [6, 6.07) is 9.76. The second-order valence-corrected chi connectivity index (χ2v) is 6.87. The molecule has 0 unspecified atom stereocenters. The smallest absolute Gasteiger partial charge is 0.137 e. The summed E-state index contributed by atoms with van der Waals surface area (Å²) < 4.78 is 5.80. The molecule has 0 fully saturated rings. The Balaban J connectivity index is 1.65. The highest BCUT2D eigenvalue weighted by Crippen LogP contribution is 2.28. The predicted octanol–water partition coefficient (Wildman–Crippen LogP) is 3.80. The van der Waals surface area contributed by atoms with Crippen LogP contribution in [0.1, 0.15) is 16.5 Å². The van der Waals surface area contributed by atoms with Crippen molar-refractivity contribution in [3.05, 3.63) is 58.5 Å². The lowest BCUT2D eigenvalue weighted by molar-refractivity contribution is 0.288. The zero-order valence-electron chi connectivity index (χ0n) is 14.3. The number of aryl methyl sites for hydroxylation is 1. The van der Waals surface area contributed by atoms with Crippen LogP contribution in [0.4, 0.5) is 5.82 Å². The van der Waals surface area contributed by atoms with Crippen molar-refractivity contribution in [3.63, 3.8) is 0 Å². The Hall–Kier alpha value is -2.77. The molecule has 0 spiro atoms. The SMILES string of the molecule is Cc1csc(CNc2ncnc3ccc(-c4ccc(CCO)o4)cc23)n1. The molecule has 2 N–H and O–H groups in total. The highest BCUT2D eigenvalue weighted by atomic mass is 32.1. The van der Waals surface area contributed by atoms with E-state index < -0.39 is 0 Å². The Kier molecular flexibility index (Phi) is 4.64. The Morgan fingerprint density at radius 2 is 2.12 bits per heavy atom. The Labute approximate surface area is 154 Å². The molecule has 1 aromatic carbocycles. The van der Waals surface area contributed by atoms with Gasteiger partial charge in [0.1, 0.15) is 28.7 Å². The van der Waals surface area contributed by atoms with Crippen molar-refractivity contribution in [2.75, 3.05) is 11.9 Å². The molecule has 3 aromatic heterocycles. The number of hydrogen-bond acceptors (Lipinski definition) is 7. The fourth-order valence-electron chi connectivity index (χ4n) is 2.77. The van der Waals surface area contributed by atoms with E-state index in [1.54, 1.807) is 17.7 Å². The number of furan rings is 1. The standard InChI is InChI=1S/C19H18N4O2S/c1-12-10-26-18(23-12)9-20-19-15-8-13(2-4-16(15)21-11-22-19)17-5-3-14(25-17)6-7-24/h2-5,8,10-11,24H,6-7,9H2,1H3,(H,20,21,22). The number of thiazole rings is 1. The minimum Gasteiger partial charge on any atom is -0.461 e. The lowest BCUT2D eigenvalue weighted by Gasteiger charge is -2.08. The summed E-state index contributed by atoms with van der Waals surface area (Å²) in [7, 11) is 0. The van der Waals surface area contributed by atoms with Crippen LogP contribution in [-0.4, -0.2) is 26.7 Å². The zero-order valence-corrected chi connectivity index (χ0v) is 15.1. The molecule has 0 bridgehead atoms.